The average Bonchev–Trinajstić information content (AvgIpc) is 2.97. The third-order valence-corrected chi connectivity index (χ3v) is 3.83. The van der Waals surface area contributed by atoms with Gasteiger partial charge in [-0.1, -0.05) is 24.3 Å². The standard InChI is InChI=1S/C15H10O2/c1-7-8(2)13(16)12-11(7)14-9-5-3-4-6-10(9)15(12)17-14/h3-6H,1-2H3. The molecule has 0 N–H and O–H groups in total. The van der Waals surface area contributed by atoms with E-state index in [-0.39, 0.29) is 5.78 Å². The van der Waals surface area contributed by atoms with Crippen LogP contribution in [-0.2, 0) is 0 Å². The summed E-state index contributed by atoms with van der Waals surface area (Å²) in [5.41, 5.74) is 5.32. The SMILES string of the molecule is CC1=C(C)c2c(c3oc2c2ccccc32)C1=O. The Labute approximate surface area is 97.9 Å². The van der Waals surface area contributed by atoms with Crippen molar-refractivity contribution in [3.8, 4) is 0 Å². The first kappa shape index (κ1) is 8.99. The summed E-state index contributed by atoms with van der Waals surface area (Å²) in [6.07, 6.45) is 0. The van der Waals surface area contributed by atoms with Crippen LogP contribution in [0.4, 0.5) is 0 Å². The highest BCUT2D eigenvalue weighted by molar-refractivity contribution is 6.31. The van der Waals surface area contributed by atoms with E-state index in [1.807, 2.05) is 38.1 Å². The molecule has 82 valence electrons. The van der Waals surface area contributed by atoms with Crippen molar-refractivity contribution in [1.29, 1.82) is 0 Å². The highest BCUT2D eigenvalue weighted by Gasteiger charge is 2.34. The van der Waals surface area contributed by atoms with Crippen molar-refractivity contribution in [3.63, 3.8) is 0 Å². The molecule has 4 rings (SSSR count). The molecule has 0 spiro atoms. The molecule has 17 heavy (non-hydrogen) atoms. The summed E-state index contributed by atoms with van der Waals surface area (Å²) < 4.78 is 5.80. The van der Waals surface area contributed by atoms with Crippen LogP contribution in [0.15, 0.2) is 34.3 Å². The Balaban J connectivity index is 2.29. The van der Waals surface area contributed by atoms with Crippen LogP contribution in [0.2, 0.25) is 0 Å². The molecule has 2 nitrogen and oxygen atoms in total. The lowest BCUT2D eigenvalue weighted by Crippen LogP contribution is -1.94. The molecule has 0 saturated heterocycles. The van der Waals surface area contributed by atoms with Gasteiger partial charge in [-0.3, -0.25) is 4.79 Å². The Bertz CT molecular complexity index is 818. The van der Waals surface area contributed by atoms with Gasteiger partial charge in [0.2, 0.25) is 0 Å². The number of furan rings is 2. The zero-order valence-corrected chi connectivity index (χ0v) is 9.63. The maximum Gasteiger partial charge on any atom is 0.193 e. The lowest BCUT2D eigenvalue weighted by Gasteiger charge is -1.97. The van der Waals surface area contributed by atoms with Gasteiger partial charge >= 0.3 is 0 Å². The van der Waals surface area contributed by atoms with Crippen LogP contribution >= 0.6 is 0 Å². The van der Waals surface area contributed by atoms with Crippen LogP contribution in [0.25, 0.3) is 27.5 Å². The van der Waals surface area contributed by atoms with Crippen molar-refractivity contribution < 1.29 is 9.21 Å². The van der Waals surface area contributed by atoms with Gasteiger partial charge in [0.15, 0.2) is 5.78 Å². The third kappa shape index (κ3) is 0.825. The van der Waals surface area contributed by atoms with Gasteiger partial charge in [0, 0.05) is 21.9 Å². The summed E-state index contributed by atoms with van der Waals surface area (Å²) in [6.45, 7) is 3.89. The molecular weight excluding hydrogens is 212 g/mol. The van der Waals surface area contributed by atoms with Crippen molar-refractivity contribution in [1.82, 2.24) is 0 Å². The number of allylic oxidation sites excluding steroid dienone is 2. The van der Waals surface area contributed by atoms with Crippen molar-refractivity contribution in [3.05, 3.63) is 41.0 Å². The average molecular weight is 222 g/mol. The highest BCUT2D eigenvalue weighted by Crippen LogP contribution is 2.46. The van der Waals surface area contributed by atoms with Gasteiger partial charge in [-0.05, 0) is 19.4 Å². The van der Waals surface area contributed by atoms with E-state index < -0.39 is 0 Å². The van der Waals surface area contributed by atoms with Crippen LogP contribution < -0.4 is 0 Å². The molecule has 0 saturated carbocycles. The zero-order valence-electron chi connectivity index (χ0n) is 9.63. The summed E-state index contributed by atoms with van der Waals surface area (Å²) >= 11 is 0. The summed E-state index contributed by atoms with van der Waals surface area (Å²) in [5.74, 6) is 0.122. The predicted molar refractivity (Wildman–Crippen MR) is 67.5 cm³/mol. The van der Waals surface area contributed by atoms with Gasteiger partial charge in [0.05, 0.1) is 5.56 Å². The normalized spacial score (nSPS) is 15.5. The zero-order chi connectivity index (χ0) is 11.7. The molecule has 0 radical (unpaired) electrons. The minimum Gasteiger partial charge on any atom is -0.455 e. The Hall–Kier alpha value is -2.09. The molecule has 0 fully saturated rings. The number of Topliss-reactive ketones (excluding diaryl/α,β-unsaturated/α-hetero) is 1. The highest BCUT2D eigenvalue weighted by atomic mass is 16.3. The lowest BCUT2D eigenvalue weighted by atomic mass is 10.0. The van der Waals surface area contributed by atoms with Crippen LogP contribution in [0.5, 0.6) is 0 Å². The molecule has 0 amide bonds. The molecule has 2 heterocycles. The van der Waals surface area contributed by atoms with E-state index in [2.05, 4.69) is 0 Å². The van der Waals surface area contributed by atoms with Crippen LogP contribution in [0.1, 0.15) is 29.8 Å². The fourth-order valence-electron chi connectivity index (χ4n) is 2.81. The Morgan fingerprint density at radius 1 is 0.882 bits per heavy atom. The van der Waals surface area contributed by atoms with Crippen LogP contribution in [0, 0.1) is 0 Å². The molecule has 3 aromatic rings. The molecule has 0 unspecified atom stereocenters. The molecule has 2 heteroatoms. The van der Waals surface area contributed by atoms with Crippen LogP contribution in [0.3, 0.4) is 0 Å². The summed E-state index contributed by atoms with van der Waals surface area (Å²) in [4.78, 5) is 12.2. The van der Waals surface area contributed by atoms with E-state index in [0.29, 0.717) is 0 Å². The van der Waals surface area contributed by atoms with E-state index in [0.717, 1.165) is 44.2 Å². The topological polar surface area (TPSA) is 30.2 Å². The minimum absolute atomic E-state index is 0.122. The maximum absolute atomic E-state index is 12.2. The molecule has 1 aliphatic carbocycles. The second kappa shape index (κ2) is 2.59. The van der Waals surface area contributed by atoms with Crippen molar-refractivity contribution in [2.24, 2.45) is 0 Å². The summed E-state index contributed by atoms with van der Waals surface area (Å²) in [7, 11) is 0. The number of fused-ring (bicyclic) bond motifs is 8. The van der Waals surface area contributed by atoms with Crippen molar-refractivity contribution in [2.75, 3.05) is 0 Å². The van der Waals surface area contributed by atoms with E-state index in [1.54, 1.807) is 0 Å². The largest absolute Gasteiger partial charge is 0.455 e. The van der Waals surface area contributed by atoms with E-state index in [1.165, 1.54) is 0 Å². The Morgan fingerprint density at radius 2 is 1.47 bits per heavy atom. The van der Waals surface area contributed by atoms with Crippen molar-refractivity contribution >= 4 is 33.3 Å². The summed E-state index contributed by atoms with van der Waals surface area (Å²) in [6, 6.07) is 8.03. The number of rotatable bonds is 0. The smallest absolute Gasteiger partial charge is 0.193 e. The van der Waals surface area contributed by atoms with Crippen LogP contribution in [-0.4, -0.2) is 5.78 Å². The molecule has 0 aliphatic heterocycles. The van der Waals surface area contributed by atoms with Gasteiger partial charge in [-0.25, -0.2) is 0 Å². The quantitative estimate of drug-likeness (QED) is 0.575. The van der Waals surface area contributed by atoms with Crippen molar-refractivity contribution in [2.45, 2.75) is 13.8 Å². The minimum atomic E-state index is 0.122. The summed E-state index contributed by atoms with van der Waals surface area (Å²) in [5, 5.41) is 2.17. The molecule has 0 atom stereocenters. The second-order valence-electron chi connectivity index (χ2n) is 4.64. The first-order chi connectivity index (χ1) is 8.20. The monoisotopic (exact) mass is 222 g/mol. The van der Waals surface area contributed by atoms with E-state index in [4.69, 9.17) is 4.42 Å². The Kier molecular flexibility index (Phi) is 1.37. The van der Waals surface area contributed by atoms with Gasteiger partial charge in [0.25, 0.3) is 0 Å². The predicted octanol–water partition coefficient (Wildman–Crippen LogP) is 4.01. The van der Waals surface area contributed by atoms with Gasteiger partial charge in [-0.15, -0.1) is 0 Å². The molecule has 1 aromatic carbocycles. The van der Waals surface area contributed by atoms with E-state index >= 15 is 0 Å². The molecular formula is C15H10O2. The number of carbonyl (C=O) groups is 1. The fraction of sp³-hybridized carbons (Fsp3) is 0.133. The number of hydrogen-bond donors (Lipinski definition) is 0. The van der Waals surface area contributed by atoms with E-state index in [9.17, 15) is 4.79 Å². The number of benzene rings is 2. The second-order valence-corrected chi connectivity index (χ2v) is 4.64. The molecule has 2 aromatic heterocycles. The Morgan fingerprint density at radius 3 is 2.12 bits per heavy atom. The molecule has 2 bridgehead atoms. The van der Waals surface area contributed by atoms with Gasteiger partial charge in [-0.2, -0.15) is 0 Å². The third-order valence-electron chi connectivity index (χ3n) is 3.83. The maximum atomic E-state index is 12.2. The number of ketones is 1. The van der Waals surface area contributed by atoms with Gasteiger partial charge in [0.1, 0.15) is 11.2 Å². The number of hydrogen-bond acceptors (Lipinski definition) is 2. The first-order valence-electron chi connectivity index (χ1n) is 5.69. The van der Waals surface area contributed by atoms with Gasteiger partial charge < -0.3 is 4.42 Å². The number of carbonyl (C=O) groups excluding carboxylic acids is 1. The fourth-order valence-corrected chi connectivity index (χ4v) is 2.81. The first-order valence-corrected chi connectivity index (χ1v) is 5.69. The lowest BCUT2D eigenvalue weighted by molar-refractivity contribution is 0.103. The molecule has 1 aliphatic rings.